The fourth-order valence-corrected chi connectivity index (χ4v) is 1.41. The number of carbonyl (C=O) groups is 1. The molecule has 3 nitrogen and oxygen atoms in total. The quantitative estimate of drug-likeness (QED) is 0.477. The lowest BCUT2D eigenvalue weighted by molar-refractivity contribution is 0.198. The Balaban J connectivity index is 3.19. The molecule has 0 aliphatic heterocycles. The zero-order valence-corrected chi connectivity index (χ0v) is 8.52. The van der Waals surface area contributed by atoms with Gasteiger partial charge in [-0.05, 0) is 13.5 Å². The summed E-state index contributed by atoms with van der Waals surface area (Å²) in [5.41, 5.74) is 0. The van der Waals surface area contributed by atoms with Gasteiger partial charge in [-0.3, -0.25) is 0 Å². The highest BCUT2D eigenvalue weighted by atomic mass is 32.2. The molecule has 0 aromatic carbocycles. The van der Waals surface area contributed by atoms with E-state index in [-0.39, 0.29) is 0 Å². The molecule has 0 atom stereocenters. The van der Waals surface area contributed by atoms with Gasteiger partial charge in [0.1, 0.15) is 0 Å². The molecule has 0 aliphatic rings. The first-order chi connectivity index (χ1) is 5.66. The number of hydrogen-bond donors (Lipinski definition) is 0. The lowest BCUT2D eigenvalue weighted by Crippen LogP contribution is -2.12. The van der Waals surface area contributed by atoms with Gasteiger partial charge in [-0.25, -0.2) is 14.2 Å². The van der Waals surface area contributed by atoms with Crippen LogP contribution >= 0.6 is 11.9 Å². The van der Waals surface area contributed by atoms with E-state index in [1.165, 1.54) is 19.3 Å². The van der Waals surface area contributed by atoms with E-state index in [0.29, 0.717) is 0 Å². The van der Waals surface area contributed by atoms with Crippen LogP contribution in [-0.4, -0.2) is 23.2 Å². The van der Waals surface area contributed by atoms with Gasteiger partial charge >= 0.3 is 5.30 Å². The van der Waals surface area contributed by atoms with Crippen LogP contribution in [0.25, 0.3) is 0 Å². The summed E-state index contributed by atoms with van der Waals surface area (Å²) >= 11 is 0.751. The van der Waals surface area contributed by atoms with Gasteiger partial charge in [-0.15, -0.1) is 0 Å². The third kappa shape index (κ3) is 7.88. The van der Waals surface area contributed by atoms with Gasteiger partial charge in [0.2, 0.25) is 0 Å². The van der Waals surface area contributed by atoms with E-state index < -0.39 is 5.30 Å². The molecule has 0 bridgehead atoms. The smallest absolute Gasteiger partial charge is 0.244 e. The molecule has 0 aromatic heterocycles. The molecule has 0 aliphatic carbocycles. The first kappa shape index (κ1) is 11.8. The Bertz CT molecular complexity index is 130. The van der Waals surface area contributed by atoms with Crippen molar-refractivity contribution in [2.75, 3.05) is 13.6 Å². The summed E-state index contributed by atoms with van der Waals surface area (Å²) in [6.07, 6.45) is 4.67. The van der Waals surface area contributed by atoms with Crippen LogP contribution in [0.2, 0.25) is 0 Å². The molecular weight excluding hydrogens is 174 g/mol. The van der Waals surface area contributed by atoms with Crippen molar-refractivity contribution in [3.05, 3.63) is 0 Å². The Morgan fingerprint density at radius 1 is 1.33 bits per heavy atom. The van der Waals surface area contributed by atoms with Crippen LogP contribution in [0, 0.1) is 0 Å². The van der Waals surface area contributed by atoms with Crippen molar-refractivity contribution >= 4 is 17.2 Å². The highest BCUT2D eigenvalue weighted by Crippen LogP contribution is 2.09. The van der Waals surface area contributed by atoms with E-state index in [0.717, 1.165) is 24.9 Å². The number of hydrogen-bond acceptors (Lipinski definition) is 3. The Labute approximate surface area is 78.3 Å². The molecule has 12 heavy (non-hydrogen) atoms. The second kappa shape index (κ2) is 7.43. The number of unbranched alkanes of at least 4 members (excludes halogenated alkanes) is 3. The summed E-state index contributed by atoms with van der Waals surface area (Å²) < 4.78 is 1.70. The predicted molar refractivity (Wildman–Crippen MR) is 50.4 cm³/mol. The van der Waals surface area contributed by atoms with E-state index in [2.05, 4.69) is 6.92 Å². The van der Waals surface area contributed by atoms with Gasteiger partial charge in [0.25, 0.3) is 0 Å². The van der Waals surface area contributed by atoms with E-state index in [4.69, 9.17) is 0 Å². The Kier molecular flexibility index (Phi) is 7.29. The molecule has 0 saturated carbocycles. The van der Waals surface area contributed by atoms with Crippen LogP contribution in [0.5, 0.6) is 0 Å². The van der Waals surface area contributed by atoms with Crippen molar-refractivity contribution in [1.29, 1.82) is 0 Å². The number of nitrogens with zero attached hydrogens (tertiary/aromatic N) is 1. The average molecular weight is 190 g/mol. The summed E-state index contributed by atoms with van der Waals surface area (Å²) in [6, 6.07) is 0. The van der Waals surface area contributed by atoms with Crippen LogP contribution in [0.1, 0.15) is 32.6 Å². The molecular formula is C8H16NO2S. The van der Waals surface area contributed by atoms with Crippen LogP contribution in [0.15, 0.2) is 0 Å². The highest BCUT2D eigenvalue weighted by Gasteiger charge is 2.05. The van der Waals surface area contributed by atoms with E-state index in [9.17, 15) is 9.90 Å². The number of rotatable bonds is 6. The molecule has 0 unspecified atom stereocenters. The Morgan fingerprint density at radius 2 is 2.00 bits per heavy atom. The predicted octanol–water partition coefficient (Wildman–Crippen LogP) is 2.70. The summed E-state index contributed by atoms with van der Waals surface area (Å²) in [7, 11) is 1.77. The van der Waals surface area contributed by atoms with E-state index >= 15 is 0 Å². The van der Waals surface area contributed by atoms with Crippen molar-refractivity contribution in [2.45, 2.75) is 32.6 Å². The third-order valence-electron chi connectivity index (χ3n) is 1.56. The standard InChI is InChI=1S/C8H16NO2S/c1-3-4-5-6-7-9(2)12-8(10)11/h3-7H2,1-2H3. The zero-order valence-electron chi connectivity index (χ0n) is 7.71. The molecule has 0 amide bonds. The maximum absolute atomic E-state index is 10.1. The lowest BCUT2D eigenvalue weighted by atomic mass is 10.2. The Hall–Kier alpha value is -0.220. The minimum absolute atomic E-state index is 0.751. The molecule has 0 N–H and O–H groups in total. The van der Waals surface area contributed by atoms with Crippen LogP contribution < -0.4 is 0 Å². The first-order valence-electron chi connectivity index (χ1n) is 4.27. The molecule has 1 radical (unpaired) electrons. The molecule has 0 heterocycles. The second-order valence-electron chi connectivity index (χ2n) is 2.75. The Morgan fingerprint density at radius 3 is 2.50 bits per heavy atom. The highest BCUT2D eigenvalue weighted by molar-refractivity contribution is 8.11. The molecule has 0 saturated heterocycles. The van der Waals surface area contributed by atoms with Gasteiger partial charge in [0.15, 0.2) is 0 Å². The minimum Gasteiger partial charge on any atom is -0.244 e. The maximum atomic E-state index is 10.1. The first-order valence-corrected chi connectivity index (χ1v) is 5.04. The molecule has 0 fully saturated rings. The minimum atomic E-state index is -1.08. The summed E-state index contributed by atoms with van der Waals surface area (Å²) in [6.45, 7) is 2.97. The van der Waals surface area contributed by atoms with Gasteiger partial charge < -0.3 is 0 Å². The van der Waals surface area contributed by atoms with Crippen molar-refractivity contribution in [2.24, 2.45) is 0 Å². The largest absolute Gasteiger partial charge is 0.428 e. The monoisotopic (exact) mass is 190 g/mol. The van der Waals surface area contributed by atoms with Crippen molar-refractivity contribution in [1.82, 2.24) is 4.31 Å². The van der Waals surface area contributed by atoms with E-state index in [1.54, 1.807) is 11.4 Å². The fourth-order valence-electron chi connectivity index (χ4n) is 0.934. The molecule has 0 spiro atoms. The van der Waals surface area contributed by atoms with E-state index in [1.807, 2.05) is 0 Å². The SMILES string of the molecule is CCCCCCN(C)SC([O])=O. The van der Waals surface area contributed by atoms with Gasteiger partial charge in [-0.2, -0.15) is 0 Å². The van der Waals surface area contributed by atoms with Crippen LogP contribution in [0.3, 0.4) is 0 Å². The van der Waals surface area contributed by atoms with Gasteiger partial charge in [0, 0.05) is 18.5 Å². The summed E-state index contributed by atoms with van der Waals surface area (Å²) in [4.78, 5) is 10.1. The molecule has 0 aromatic rings. The summed E-state index contributed by atoms with van der Waals surface area (Å²) in [5.74, 6) is 0. The van der Waals surface area contributed by atoms with Crippen molar-refractivity contribution in [3.8, 4) is 0 Å². The summed E-state index contributed by atoms with van der Waals surface area (Å²) in [5, 5.41) is 9.03. The maximum Gasteiger partial charge on any atom is 0.428 e. The van der Waals surface area contributed by atoms with Crippen LogP contribution in [0.4, 0.5) is 4.79 Å². The van der Waals surface area contributed by atoms with Crippen molar-refractivity contribution < 1.29 is 9.90 Å². The average Bonchev–Trinajstić information content (AvgIpc) is 1.97. The number of carbonyl (C=O) groups excluding carboxylic acids is 1. The molecule has 0 rings (SSSR count). The second-order valence-corrected chi connectivity index (χ2v) is 3.89. The normalized spacial score (nSPS) is 10.6. The lowest BCUT2D eigenvalue weighted by Gasteiger charge is -2.10. The fraction of sp³-hybridized carbons (Fsp3) is 0.875. The molecule has 4 heteroatoms. The third-order valence-corrected chi connectivity index (χ3v) is 2.20. The van der Waals surface area contributed by atoms with Gasteiger partial charge in [-0.1, -0.05) is 26.2 Å². The topological polar surface area (TPSA) is 40.2 Å². The zero-order chi connectivity index (χ0) is 9.40. The van der Waals surface area contributed by atoms with Crippen LogP contribution in [-0.2, 0) is 5.11 Å². The van der Waals surface area contributed by atoms with Crippen molar-refractivity contribution in [3.63, 3.8) is 0 Å². The van der Waals surface area contributed by atoms with Gasteiger partial charge in [0.05, 0.1) is 0 Å². The molecule has 71 valence electrons.